The first-order chi connectivity index (χ1) is 10.1. The number of H-pyrrole nitrogens is 1. The molecule has 3 heterocycles. The third kappa shape index (κ3) is 2.59. The molecule has 0 spiro atoms. The molecule has 3 atom stereocenters. The van der Waals surface area contributed by atoms with Crippen molar-refractivity contribution in [1.82, 2.24) is 15.1 Å². The lowest BCUT2D eigenvalue weighted by Gasteiger charge is -2.31. The molecule has 3 rings (SSSR count). The Kier molecular flexibility index (Phi) is 4.02. The fourth-order valence-electron chi connectivity index (χ4n) is 3.93. The highest BCUT2D eigenvalue weighted by molar-refractivity contribution is 5.84. The fraction of sp³-hybridized carbons (Fsp3) is 0.750. The van der Waals surface area contributed by atoms with Gasteiger partial charge in [0.15, 0.2) is 0 Å². The smallest absolute Gasteiger partial charge is 0.230 e. The summed E-state index contributed by atoms with van der Waals surface area (Å²) in [6.45, 7) is 7.66. The summed E-state index contributed by atoms with van der Waals surface area (Å²) in [7, 11) is 0. The summed E-state index contributed by atoms with van der Waals surface area (Å²) in [4.78, 5) is 15.0. The van der Waals surface area contributed by atoms with Crippen molar-refractivity contribution in [3.05, 3.63) is 17.0 Å². The second-order valence-corrected chi connectivity index (χ2v) is 6.36. The number of nitrogens with one attached hydrogen (secondary N) is 1. The van der Waals surface area contributed by atoms with E-state index in [0.29, 0.717) is 0 Å². The molecule has 2 saturated heterocycles. The van der Waals surface area contributed by atoms with E-state index in [4.69, 9.17) is 4.74 Å². The van der Waals surface area contributed by atoms with Gasteiger partial charge in [-0.1, -0.05) is 0 Å². The number of nitrogens with zero attached hydrogens (tertiary/aromatic N) is 2. The Hall–Kier alpha value is -1.36. The number of hydrogen-bond acceptors (Lipinski definition) is 3. The van der Waals surface area contributed by atoms with Gasteiger partial charge in [0.1, 0.15) is 0 Å². The largest absolute Gasteiger partial charge is 0.376 e. The Bertz CT molecular complexity index is 500. The molecule has 0 bridgehead atoms. The van der Waals surface area contributed by atoms with Crippen LogP contribution in [-0.4, -0.2) is 46.3 Å². The van der Waals surface area contributed by atoms with Crippen LogP contribution in [-0.2, 0) is 9.53 Å². The number of hydrogen-bond donors (Lipinski definition) is 1. The first kappa shape index (κ1) is 14.6. The molecule has 0 radical (unpaired) electrons. The SMILES string of the molecule is Cc1n[nH]c(C)c1C(C)C(=O)N1CCCC1C1CCCO1. The number of aromatic nitrogens is 2. The van der Waals surface area contributed by atoms with E-state index in [1.807, 2.05) is 20.8 Å². The molecule has 21 heavy (non-hydrogen) atoms. The summed E-state index contributed by atoms with van der Waals surface area (Å²) in [5.74, 6) is 0.0892. The number of aryl methyl sites for hydroxylation is 2. The van der Waals surface area contributed by atoms with E-state index in [1.54, 1.807) is 0 Å². The van der Waals surface area contributed by atoms with Crippen molar-refractivity contribution in [1.29, 1.82) is 0 Å². The third-order valence-corrected chi connectivity index (χ3v) is 4.96. The minimum atomic E-state index is -0.134. The number of carbonyl (C=O) groups excluding carboxylic acids is 1. The predicted octanol–water partition coefficient (Wildman–Crippen LogP) is 2.30. The van der Waals surface area contributed by atoms with Gasteiger partial charge in [0, 0.05) is 24.4 Å². The Morgan fingerprint density at radius 1 is 1.38 bits per heavy atom. The Labute approximate surface area is 126 Å². The van der Waals surface area contributed by atoms with Crippen LogP contribution in [0.3, 0.4) is 0 Å². The summed E-state index contributed by atoms with van der Waals surface area (Å²) < 4.78 is 5.82. The van der Waals surface area contributed by atoms with Gasteiger partial charge in [-0.15, -0.1) is 0 Å². The maximum absolute atomic E-state index is 12.9. The van der Waals surface area contributed by atoms with Crippen LogP contribution in [0.1, 0.15) is 55.5 Å². The van der Waals surface area contributed by atoms with Gasteiger partial charge < -0.3 is 9.64 Å². The van der Waals surface area contributed by atoms with Crippen LogP contribution >= 0.6 is 0 Å². The van der Waals surface area contributed by atoms with Crippen LogP contribution in [0, 0.1) is 13.8 Å². The molecule has 0 saturated carbocycles. The van der Waals surface area contributed by atoms with E-state index in [9.17, 15) is 4.79 Å². The normalized spacial score (nSPS) is 27.3. The lowest BCUT2D eigenvalue weighted by molar-refractivity contribution is -0.135. The van der Waals surface area contributed by atoms with Gasteiger partial charge in [-0.3, -0.25) is 9.89 Å². The van der Waals surface area contributed by atoms with E-state index in [0.717, 1.165) is 55.8 Å². The molecule has 116 valence electrons. The second-order valence-electron chi connectivity index (χ2n) is 6.36. The lowest BCUT2D eigenvalue weighted by Crippen LogP contribution is -2.44. The van der Waals surface area contributed by atoms with Gasteiger partial charge in [0.2, 0.25) is 5.91 Å². The average molecular weight is 291 g/mol. The maximum Gasteiger partial charge on any atom is 0.230 e. The zero-order chi connectivity index (χ0) is 15.0. The van der Waals surface area contributed by atoms with Crippen LogP contribution < -0.4 is 0 Å². The molecule has 3 unspecified atom stereocenters. The highest BCUT2D eigenvalue weighted by atomic mass is 16.5. The van der Waals surface area contributed by atoms with Crippen LogP contribution in [0.15, 0.2) is 0 Å². The molecule has 2 fully saturated rings. The van der Waals surface area contributed by atoms with Crippen molar-refractivity contribution in [2.75, 3.05) is 13.2 Å². The molecule has 5 heteroatoms. The van der Waals surface area contributed by atoms with Crippen LogP contribution in [0.25, 0.3) is 0 Å². The van der Waals surface area contributed by atoms with Crippen molar-refractivity contribution >= 4 is 5.91 Å². The summed E-state index contributed by atoms with van der Waals surface area (Å²) >= 11 is 0. The molecular weight excluding hydrogens is 266 g/mol. The Morgan fingerprint density at radius 3 is 2.81 bits per heavy atom. The topological polar surface area (TPSA) is 58.2 Å². The predicted molar refractivity (Wildman–Crippen MR) is 80.2 cm³/mol. The zero-order valence-corrected chi connectivity index (χ0v) is 13.2. The molecule has 2 aliphatic rings. The Morgan fingerprint density at radius 2 is 2.19 bits per heavy atom. The second kappa shape index (κ2) is 5.79. The highest BCUT2D eigenvalue weighted by Gasteiger charge is 2.39. The monoisotopic (exact) mass is 291 g/mol. The van der Waals surface area contributed by atoms with E-state index >= 15 is 0 Å². The Balaban J connectivity index is 1.77. The molecule has 5 nitrogen and oxygen atoms in total. The number of amides is 1. The molecule has 0 aromatic carbocycles. The van der Waals surface area contributed by atoms with Gasteiger partial charge in [0.25, 0.3) is 0 Å². The number of rotatable bonds is 3. The van der Waals surface area contributed by atoms with Gasteiger partial charge >= 0.3 is 0 Å². The standard InChI is InChI=1S/C16H25N3O2/c1-10(15-11(2)17-18-12(15)3)16(20)19-8-4-6-13(19)14-7-5-9-21-14/h10,13-14H,4-9H2,1-3H3,(H,17,18). The third-order valence-electron chi connectivity index (χ3n) is 4.96. The molecule has 2 aliphatic heterocycles. The zero-order valence-electron chi connectivity index (χ0n) is 13.2. The average Bonchev–Trinajstić information content (AvgIpc) is 3.17. The lowest BCUT2D eigenvalue weighted by atomic mass is 9.96. The number of likely N-dealkylation sites (tertiary alicyclic amines) is 1. The number of carbonyl (C=O) groups is 1. The number of aromatic amines is 1. The minimum absolute atomic E-state index is 0.134. The van der Waals surface area contributed by atoms with E-state index < -0.39 is 0 Å². The molecule has 0 aliphatic carbocycles. The molecular formula is C16H25N3O2. The minimum Gasteiger partial charge on any atom is -0.376 e. The molecule has 1 aromatic heterocycles. The van der Waals surface area contributed by atoms with Crippen molar-refractivity contribution in [2.24, 2.45) is 0 Å². The highest BCUT2D eigenvalue weighted by Crippen LogP contribution is 2.32. The maximum atomic E-state index is 12.9. The van der Waals surface area contributed by atoms with Crippen LogP contribution in [0.4, 0.5) is 0 Å². The van der Waals surface area contributed by atoms with E-state index in [-0.39, 0.29) is 24.0 Å². The summed E-state index contributed by atoms with van der Waals surface area (Å²) in [6, 6.07) is 0.273. The van der Waals surface area contributed by atoms with Crippen LogP contribution in [0.2, 0.25) is 0 Å². The molecule has 1 aromatic rings. The van der Waals surface area contributed by atoms with Crippen molar-refractivity contribution < 1.29 is 9.53 Å². The first-order valence-corrected chi connectivity index (χ1v) is 8.03. The summed E-state index contributed by atoms with van der Waals surface area (Å²) in [5.41, 5.74) is 2.99. The van der Waals surface area contributed by atoms with Crippen molar-refractivity contribution in [2.45, 2.75) is 64.5 Å². The number of ether oxygens (including phenoxy) is 1. The fourth-order valence-corrected chi connectivity index (χ4v) is 3.93. The molecule has 1 N–H and O–H groups in total. The molecule has 1 amide bonds. The van der Waals surface area contributed by atoms with Crippen LogP contribution in [0.5, 0.6) is 0 Å². The quantitative estimate of drug-likeness (QED) is 0.929. The summed E-state index contributed by atoms with van der Waals surface area (Å²) in [6.07, 6.45) is 4.62. The first-order valence-electron chi connectivity index (χ1n) is 8.03. The van der Waals surface area contributed by atoms with E-state index in [1.165, 1.54) is 0 Å². The van der Waals surface area contributed by atoms with Gasteiger partial charge in [-0.2, -0.15) is 5.10 Å². The van der Waals surface area contributed by atoms with Gasteiger partial charge in [-0.05, 0) is 46.5 Å². The van der Waals surface area contributed by atoms with E-state index in [2.05, 4.69) is 15.1 Å². The summed E-state index contributed by atoms with van der Waals surface area (Å²) in [5, 5.41) is 7.21. The van der Waals surface area contributed by atoms with Crippen molar-refractivity contribution in [3.8, 4) is 0 Å². The van der Waals surface area contributed by atoms with Crippen molar-refractivity contribution in [3.63, 3.8) is 0 Å². The van der Waals surface area contributed by atoms with Gasteiger partial charge in [0.05, 0.1) is 23.8 Å². The van der Waals surface area contributed by atoms with Gasteiger partial charge in [-0.25, -0.2) is 0 Å².